The zero-order valence-electron chi connectivity index (χ0n) is 14.3. The average Bonchev–Trinajstić information content (AvgIpc) is 3.15. The minimum Gasteiger partial charge on any atom is -0.302 e. The monoisotopic (exact) mass is 372 g/mol. The van der Waals surface area contributed by atoms with Crippen molar-refractivity contribution in [2.75, 3.05) is 18.4 Å². The second-order valence-corrected chi connectivity index (χ2v) is 8.33. The number of rotatable bonds is 3. The molecule has 1 aliphatic heterocycles. The molecule has 4 rings (SSSR count). The second kappa shape index (κ2) is 6.82. The standard InChI is InChI=1S/C18H20N4OS2/c1-11(13-3-4-16-15(9-13)19-10-24-16)22-7-5-14-17(6-8-22)25-18(21-14)20-12(2)23/h3-4,9-11H,5-8H2,1-2H3,(H,20,21,23)/t11-/m1/s1. The number of thiazole rings is 2. The van der Waals surface area contributed by atoms with E-state index in [9.17, 15) is 4.79 Å². The first-order valence-electron chi connectivity index (χ1n) is 8.43. The Kier molecular flexibility index (Phi) is 4.54. The zero-order chi connectivity index (χ0) is 17.4. The fourth-order valence-electron chi connectivity index (χ4n) is 3.32. The SMILES string of the molecule is CC(=O)Nc1nc2c(s1)CCN([C@H](C)c1ccc3scnc3c1)CC2. The van der Waals surface area contributed by atoms with E-state index in [0.29, 0.717) is 6.04 Å². The summed E-state index contributed by atoms with van der Waals surface area (Å²) in [5.74, 6) is -0.0587. The Hall–Kier alpha value is -1.83. The molecule has 1 atom stereocenters. The molecular weight excluding hydrogens is 352 g/mol. The van der Waals surface area contributed by atoms with Crippen LogP contribution in [0.2, 0.25) is 0 Å². The lowest BCUT2D eigenvalue weighted by Crippen LogP contribution is -2.29. The van der Waals surface area contributed by atoms with Gasteiger partial charge in [0.15, 0.2) is 5.13 Å². The highest BCUT2D eigenvalue weighted by molar-refractivity contribution is 7.16. The highest BCUT2D eigenvalue weighted by atomic mass is 32.1. The lowest BCUT2D eigenvalue weighted by molar-refractivity contribution is -0.114. The number of hydrogen-bond acceptors (Lipinski definition) is 6. The van der Waals surface area contributed by atoms with Crippen molar-refractivity contribution in [2.24, 2.45) is 0 Å². The summed E-state index contributed by atoms with van der Waals surface area (Å²) in [5.41, 5.74) is 5.44. The van der Waals surface area contributed by atoms with Crippen molar-refractivity contribution in [3.63, 3.8) is 0 Å². The molecule has 7 heteroatoms. The van der Waals surface area contributed by atoms with Crippen molar-refractivity contribution in [2.45, 2.75) is 32.7 Å². The molecule has 130 valence electrons. The number of benzene rings is 1. The van der Waals surface area contributed by atoms with Crippen LogP contribution in [-0.2, 0) is 17.6 Å². The lowest BCUT2D eigenvalue weighted by atomic mass is 10.1. The molecule has 2 aromatic heterocycles. The van der Waals surface area contributed by atoms with E-state index in [0.717, 1.165) is 42.3 Å². The van der Waals surface area contributed by atoms with E-state index in [-0.39, 0.29) is 5.91 Å². The van der Waals surface area contributed by atoms with Gasteiger partial charge in [-0.25, -0.2) is 9.97 Å². The molecular formula is C18H20N4OS2. The van der Waals surface area contributed by atoms with Crippen molar-refractivity contribution in [1.29, 1.82) is 0 Å². The fourth-order valence-corrected chi connectivity index (χ4v) is 5.02. The summed E-state index contributed by atoms with van der Waals surface area (Å²) in [5, 5.41) is 3.54. The van der Waals surface area contributed by atoms with Crippen LogP contribution in [0.3, 0.4) is 0 Å². The van der Waals surface area contributed by atoms with Crippen LogP contribution >= 0.6 is 22.7 Å². The first kappa shape index (κ1) is 16.6. The van der Waals surface area contributed by atoms with Crippen molar-refractivity contribution in [3.05, 3.63) is 39.8 Å². The summed E-state index contributed by atoms with van der Waals surface area (Å²) in [6, 6.07) is 6.97. The van der Waals surface area contributed by atoms with E-state index in [1.807, 2.05) is 5.51 Å². The average molecular weight is 373 g/mol. The second-order valence-electron chi connectivity index (χ2n) is 6.36. The molecule has 0 aliphatic carbocycles. The predicted octanol–water partition coefficient (Wildman–Crippen LogP) is 3.87. The summed E-state index contributed by atoms with van der Waals surface area (Å²) < 4.78 is 1.24. The van der Waals surface area contributed by atoms with Crippen LogP contribution in [0.25, 0.3) is 10.2 Å². The molecule has 1 aliphatic rings. The number of carbonyl (C=O) groups is 1. The molecule has 1 amide bonds. The lowest BCUT2D eigenvalue weighted by Gasteiger charge is -2.27. The number of fused-ring (bicyclic) bond motifs is 2. The Labute approximate surface area is 154 Å². The Morgan fingerprint density at radius 1 is 1.32 bits per heavy atom. The molecule has 1 aromatic carbocycles. The fraction of sp³-hybridized carbons (Fsp3) is 0.389. The van der Waals surface area contributed by atoms with Gasteiger partial charge in [0.1, 0.15) is 0 Å². The quantitative estimate of drug-likeness (QED) is 0.758. The summed E-state index contributed by atoms with van der Waals surface area (Å²) in [7, 11) is 0. The van der Waals surface area contributed by atoms with Gasteiger partial charge in [0.25, 0.3) is 0 Å². The number of nitrogens with zero attached hydrogens (tertiary/aromatic N) is 3. The molecule has 25 heavy (non-hydrogen) atoms. The Balaban J connectivity index is 1.49. The van der Waals surface area contributed by atoms with Crippen molar-refractivity contribution in [3.8, 4) is 0 Å². The van der Waals surface area contributed by atoms with Gasteiger partial charge >= 0.3 is 0 Å². The van der Waals surface area contributed by atoms with Gasteiger partial charge < -0.3 is 5.32 Å². The van der Waals surface area contributed by atoms with E-state index < -0.39 is 0 Å². The van der Waals surface area contributed by atoms with E-state index in [1.165, 1.54) is 22.1 Å². The summed E-state index contributed by atoms with van der Waals surface area (Å²) in [4.78, 5) is 24.1. The number of anilines is 1. The van der Waals surface area contributed by atoms with Crippen molar-refractivity contribution >= 4 is 43.9 Å². The molecule has 1 N–H and O–H groups in total. The maximum Gasteiger partial charge on any atom is 0.223 e. The van der Waals surface area contributed by atoms with Gasteiger partial charge in [0, 0.05) is 37.4 Å². The third-order valence-electron chi connectivity index (χ3n) is 4.71. The van der Waals surface area contributed by atoms with E-state index in [1.54, 1.807) is 22.7 Å². The third-order valence-corrected chi connectivity index (χ3v) is 6.59. The largest absolute Gasteiger partial charge is 0.302 e. The number of amides is 1. The van der Waals surface area contributed by atoms with Crippen LogP contribution in [0.4, 0.5) is 5.13 Å². The maximum atomic E-state index is 11.2. The van der Waals surface area contributed by atoms with Gasteiger partial charge in [0.2, 0.25) is 5.91 Å². The molecule has 0 radical (unpaired) electrons. The van der Waals surface area contributed by atoms with Crippen LogP contribution in [0.15, 0.2) is 23.7 Å². The predicted molar refractivity (Wildman–Crippen MR) is 103 cm³/mol. The van der Waals surface area contributed by atoms with Crippen LogP contribution in [0, 0.1) is 0 Å². The number of nitrogens with one attached hydrogen (secondary N) is 1. The summed E-state index contributed by atoms with van der Waals surface area (Å²) >= 11 is 3.29. The van der Waals surface area contributed by atoms with Crippen LogP contribution in [-0.4, -0.2) is 33.9 Å². The minimum atomic E-state index is -0.0587. The van der Waals surface area contributed by atoms with E-state index >= 15 is 0 Å². The topological polar surface area (TPSA) is 58.1 Å². The summed E-state index contributed by atoms with van der Waals surface area (Å²) in [6.07, 6.45) is 1.91. The minimum absolute atomic E-state index is 0.0587. The highest BCUT2D eigenvalue weighted by Crippen LogP contribution is 2.30. The van der Waals surface area contributed by atoms with E-state index in [2.05, 4.69) is 45.3 Å². The van der Waals surface area contributed by atoms with Crippen molar-refractivity contribution in [1.82, 2.24) is 14.9 Å². The Morgan fingerprint density at radius 3 is 3.00 bits per heavy atom. The Morgan fingerprint density at radius 2 is 2.16 bits per heavy atom. The molecule has 0 unspecified atom stereocenters. The summed E-state index contributed by atoms with van der Waals surface area (Å²) in [6.45, 7) is 5.77. The van der Waals surface area contributed by atoms with Gasteiger partial charge in [-0.15, -0.1) is 22.7 Å². The van der Waals surface area contributed by atoms with Crippen LogP contribution in [0.1, 0.15) is 36.0 Å². The molecule has 0 fully saturated rings. The zero-order valence-corrected chi connectivity index (χ0v) is 15.9. The number of aromatic nitrogens is 2. The van der Waals surface area contributed by atoms with Gasteiger partial charge in [-0.3, -0.25) is 9.69 Å². The highest BCUT2D eigenvalue weighted by Gasteiger charge is 2.22. The molecule has 0 saturated carbocycles. The van der Waals surface area contributed by atoms with Crippen molar-refractivity contribution < 1.29 is 4.79 Å². The van der Waals surface area contributed by atoms with Crippen LogP contribution < -0.4 is 5.32 Å². The van der Waals surface area contributed by atoms with Gasteiger partial charge in [-0.05, 0) is 31.0 Å². The van der Waals surface area contributed by atoms with Gasteiger partial charge in [-0.2, -0.15) is 0 Å². The maximum absolute atomic E-state index is 11.2. The molecule has 3 heterocycles. The number of hydrogen-bond donors (Lipinski definition) is 1. The molecule has 0 saturated heterocycles. The number of carbonyl (C=O) groups excluding carboxylic acids is 1. The first-order valence-corrected chi connectivity index (χ1v) is 10.1. The van der Waals surface area contributed by atoms with E-state index in [4.69, 9.17) is 0 Å². The molecule has 3 aromatic rings. The first-order chi connectivity index (χ1) is 12.1. The molecule has 5 nitrogen and oxygen atoms in total. The van der Waals surface area contributed by atoms with Gasteiger partial charge in [-0.1, -0.05) is 6.07 Å². The van der Waals surface area contributed by atoms with Gasteiger partial charge in [0.05, 0.1) is 21.4 Å². The molecule has 0 spiro atoms. The third kappa shape index (κ3) is 3.44. The smallest absolute Gasteiger partial charge is 0.223 e. The van der Waals surface area contributed by atoms with Crippen LogP contribution in [0.5, 0.6) is 0 Å². The normalized spacial score (nSPS) is 16.4. The molecule has 0 bridgehead atoms. The Bertz CT molecular complexity index is 891.